The van der Waals surface area contributed by atoms with Crippen molar-refractivity contribution in [3.8, 4) is 28.4 Å². The minimum atomic E-state index is -0.552. The highest BCUT2D eigenvalue weighted by molar-refractivity contribution is 5.93. The van der Waals surface area contributed by atoms with Crippen LogP contribution < -0.4 is 14.2 Å². The van der Waals surface area contributed by atoms with Crippen LogP contribution in [0.5, 0.6) is 17.2 Å². The molecule has 248 valence electrons. The molecule has 1 unspecified atom stereocenters. The van der Waals surface area contributed by atoms with Crippen LogP contribution in [0.2, 0.25) is 0 Å². The van der Waals surface area contributed by atoms with Crippen molar-refractivity contribution in [2.45, 2.75) is 51.9 Å². The van der Waals surface area contributed by atoms with Crippen molar-refractivity contribution in [2.75, 3.05) is 33.0 Å². The first kappa shape index (κ1) is 35.0. The molecular weight excluding hydrogens is 600 g/mol. The Morgan fingerprint density at radius 1 is 0.681 bits per heavy atom. The Hall–Kier alpha value is -4.89. The van der Waals surface area contributed by atoms with E-state index in [1.165, 1.54) is 0 Å². The minimum absolute atomic E-state index is 0.0633. The van der Waals surface area contributed by atoms with Gasteiger partial charge < -0.3 is 28.8 Å². The van der Waals surface area contributed by atoms with Gasteiger partial charge in [-0.15, -0.1) is 0 Å². The van der Waals surface area contributed by atoms with Crippen molar-refractivity contribution in [3.05, 3.63) is 102 Å². The smallest absolute Gasteiger partial charge is 0.343 e. The molecule has 0 saturated heterocycles. The standard InChI is InChI=1S/C38H42O9/c1-25(2)36(40)45-21-9-20-43-29-11-13-30(14-12-29)47-38(42)28-10-16-32-33-17-15-31(23-35(33)27(4)34(32)22-28)44-18-7-5-6-8-19-46-37(41)26(3)24-39/h10-17,22-23,27,39H,1,3,5-9,18-21,24H2,2,4H3. The molecule has 0 radical (unpaired) electrons. The summed E-state index contributed by atoms with van der Waals surface area (Å²) in [5, 5.41) is 8.89. The van der Waals surface area contributed by atoms with E-state index in [-0.39, 0.29) is 18.1 Å². The van der Waals surface area contributed by atoms with Crippen LogP contribution in [0, 0.1) is 0 Å². The van der Waals surface area contributed by atoms with E-state index in [4.69, 9.17) is 28.8 Å². The maximum Gasteiger partial charge on any atom is 0.343 e. The largest absolute Gasteiger partial charge is 0.494 e. The first-order valence-corrected chi connectivity index (χ1v) is 15.8. The fourth-order valence-electron chi connectivity index (χ4n) is 5.08. The molecule has 0 saturated carbocycles. The number of aliphatic hydroxyl groups excluding tert-OH is 1. The second kappa shape index (κ2) is 17.1. The zero-order valence-corrected chi connectivity index (χ0v) is 27.0. The molecule has 3 aromatic carbocycles. The molecule has 0 aromatic heterocycles. The second-order valence-electron chi connectivity index (χ2n) is 11.4. The summed E-state index contributed by atoms with van der Waals surface area (Å²) < 4.78 is 27.4. The monoisotopic (exact) mass is 642 g/mol. The van der Waals surface area contributed by atoms with Gasteiger partial charge >= 0.3 is 17.9 Å². The van der Waals surface area contributed by atoms with Gasteiger partial charge in [-0.05, 0) is 103 Å². The van der Waals surface area contributed by atoms with Crippen molar-refractivity contribution in [1.29, 1.82) is 0 Å². The van der Waals surface area contributed by atoms with Gasteiger partial charge in [0.15, 0.2) is 0 Å². The summed E-state index contributed by atoms with van der Waals surface area (Å²) in [6.45, 7) is 11.8. The Bertz CT molecular complexity index is 1590. The number of unbranched alkanes of at least 4 members (excludes halogenated alkanes) is 3. The van der Waals surface area contributed by atoms with E-state index < -0.39 is 24.5 Å². The number of benzene rings is 3. The summed E-state index contributed by atoms with van der Waals surface area (Å²) in [4.78, 5) is 35.9. The summed E-state index contributed by atoms with van der Waals surface area (Å²) in [7, 11) is 0. The number of hydrogen-bond donors (Lipinski definition) is 1. The van der Waals surface area contributed by atoms with Crippen LogP contribution in [0.15, 0.2) is 85.0 Å². The van der Waals surface area contributed by atoms with Crippen LogP contribution in [0.3, 0.4) is 0 Å². The molecule has 0 aliphatic heterocycles. The molecule has 0 heterocycles. The lowest BCUT2D eigenvalue weighted by molar-refractivity contribution is -0.140. The van der Waals surface area contributed by atoms with Gasteiger partial charge in [0.2, 0.25) is 0 Å². The topological polar surface area (TPSA) is 118 Å². The van der Waals surface area contributed by atoms with E-state index in [2.05, 4.69) is 32.2 Å². The van der Waals surface area contributed by atoms with Gasteiger partial charge in [-0.3, -0.25) is 0 Å². The molecule has 47 heavy (non-hydrogen) atoms. The highest BCUT2D eigenvalue weighted by Crippen LogP contribution is 2.46. The van der Waals surface area contributed by atoms with Crippen LogP contribution in [0.25, 0.3) is 11.1 Å². The minimum Gasteiger partial charge on any atom is -0.494 e. The van der Waals surface area contributed by atoms with Gasteiger partial charge in [-0.25, -0.2) is 14.4 Å². The van der Waals surface area contributed by atoms with Crippen molar-refractivity contribution in [1.82, 2.24) is 0 Å². The third-order valence-corrected chi connectivity index (χ3v) is 7.73. The Morgan fingerprint density at radius 2 is 1.23 bits per heavy atom. The fourth-order valence-corrected chi connectivity index (χ4v) is 5.08. The number of rotatable bonds is 18. The average molecular weight is 643 g/mol. The summed E-state index contributed by atoms with van der Waals surface area (Å²) >= 11 is 0. The predicted octanol–water partition coefficient (Wildman–Crippen LogP) is 6.96. The van der Waals surface area contributed by atoms with E-state index in [0.29, 0.717) is 48.9 Å². The zero-order valence-electron chi connectivity index (χ0n) is 27.0. The van der Waals surface area contributed by atoms with Crippen LogP contribution in [0.4, 0.5) is 0 Å². The number of carbonyl (C=O) groups excluding carboxylic acids is 3. The fraction of sp³-hybridized carbons (Fsp3) is 0.342. The Balaban J connectivity index is 1.22. The number of esters is 3. The van der Waals surface area contributed by atoms with Gasteiger partial charge in [-0.2, -0.15) is 0 Å². The Labute approximate surface area is 275 Å². The average Bonchev–Trinajstić information content (AvgIpc) is 3.35. The molecule has 3 aromatic rings. The van der Waals surface area contributed by atoms with Gasteiger partial charge in [0.1, 0.15) is 17.2 Å². The van der Waals surface area contributed by atoms with E-state index >= 15 is 0 Å². The van der Waals surface area contributed by atoms with Crippen LogP contribution >= 0.6 is 0 Å². The van der Waals surface area contributed by atoms with Crippen molar-refractivity contribution in [3.63, 3.8) is 0 Å². The number of fused-ring (bicyclic) bond motifs is 3. The van der Waals surface area contributed by atoms with Crippen LogP contribution in [-0.2, 0) is 19.1 Å². The highest BCUT2D eigenvalue weighted by atomic mass is 16.5. The van der Waals surface area contributed by atoms with Gasteiger partial charge in [-0.1, -0.05) is 32.2 Å². The third-order valence-electron chi connectivity index (χ3n) is 7.73. The summed E-state index contributed by atoms with van der Waals surface area (Å²) in [6, 6.07) is 18.6. The molecule has 4 rings (SSSR count). The first-order chi connectivity index (χ1) is 22.7. The van der Waals surface area contributed by atoms with Gasteiger partial charge in [0.05, 0.1) is 44.2 Å². The maximum absolute atomic E-state index is 13.0. The molecule has 1 N–H and O–H groups in total. The molecule has 0 spiro atoms. The van der Waals surface area contributed by atoms with Crippen molar-refractivity contribution in [2.24, 2.45) is 0 Å². The lowest BCUT2D eigenvalue weighted by Gasteiger charge is -2.11. The van der Waals surface area contributed by atoms with E-state index in [9.17, 15) is 14.4 Å². The molecule has 0 amide bonds. The van der Waals surface area contributed by atoms with Crippen LogP contribution in [0.1, 0.15) is 73.4 Å². The molecule has 1 atom stereocenters. The quantitative estimate of drug-likeness (QED) is 0.0680. The number of ether oxygens (including phenoxy) is 5. The SMILES string of the molecule is C=C(C)C(=O)OCCCOc1ccc(OC(=O)c2ccc3c(c2)C(C)c2cc(OCCCCCCOC(=O)C(=C)CO)ccc2-3)cc1. The third kappa shape index (κ3) is 9.80. The molecule has 1 aliphatic carbocycles. The van der Waals surface area contributed by atoms with Crippen molar-refractivity contribution < 1.29 is 43.2 Å². The second-order valence-corrected chi connectivity index (χ2v) is 11.4. The zero-order chi connectivity index (χ0) is 33.8. The van der Waals surface area contributed by atoms with Gasteiger partial charge in [0.25, 0.3) is 0 Å². The molecule has 9 heteroatoms. The molecule has 0 fully saturated rings. The Kier molecular flexibility index (Phi) is 12.8. The first-order valence-electron chi connectivity index (χ1n) is 15.8. The van der Waals surface area contributed by atoms with E-state index in [1.54, 1.807) is 37.3 Å². The van der Waals surface area contributed by atoms with Gasteiger partial charge in [0, 0.05) is 17.9 Å². The normalized spacial score (nSPS) is 12.8. The van der Waals surface area contributed by atoms with Crippen molar-refractivity contribution >= 4 is 17.9 Å². The Morgan fingerprint density at radius 3 is 1.94 bits per heavy atom. The van der Waals surface area contributed by atoms with E-state index in [0.717, 1.165) is 53.7 Å². The lowest BCUT2D eigenvalue weighted by Crippen LogP contribution is -2.10. The lowest BCUT2D eigenvalue weighted by atomic mass is 9.98. The predicted molar refractivity (Wildman–Crippen MR) is 178 cm³/mol. The van der Waals surface area contributed by atoms with Crippen LogP contribution in [-0.4, -0.2) is 56.0 Å². The van der Waals surface area contributed by atoms with E-state index in [1.807, 2.05) is 18.2 Å². The number of aliphatic hydroxyl groups is 1. The maximum atomic E-state index is 13.0. The molecule has 9 nitrogen and oxygen atoms in total. The molecular formula is C38H42O9. The summed E-state index contributed by atoms with van der Waals surface area (Å²) in [5.74, 6) is 0.501. The summed E-state index contributed by atoms with van der Waals surface area (Å²) in [5.41, 5.74) is 5.33. The highest BCUT2D eigenvalue weighted by Gasteiger charge is 2.27. The summed E-state index contributed by atoms with van der Waals surface area (Å²) in [6.07, 6.45) is 4.01. The number of hydrogen-bond acceptors (Lipinski definition) is 9. The molecule has 1 aliphatic rings. The number of carbonyl (C=O) groups is 3. The molecule has 0 bridgehead atoms.